The zero-order valence-electron chi connectivity index (χ0n) is 9.58. The van der Waals surface area contributed by atoms with E-state index in [9.17, 15) is 0 Å². The lowest BCUT2D eigenvalue weighted by Gasteiger charge is -2.29. The predicted octanol–water partition coefficient (Wildman–Crippen LogP) is 2.18. The van der Waals surface area contributed by atoms with Gasteiger partial charge >= 0.3 is 0 Å². The molecule has 2 nitrogen and oxygen atoms in total. The normalized spacial score (nSPS) is 11.6. The standard InChI is InChI=1S/C11H25NOS/c1-3-11(4-2)12(8-9-13)7-5-6-10-14/h11,13-14H,3-10H2,1-2H3. The van der Waals surface area contributed by atoms with Crippen LogP contribution in [-0.4, -0.2) is 41.5 Å². The molecule has 1 N–H and O–H groups in total. The van der Waals surface area contributed by atoms with Crippen LogP contribution in [0, 0.1) is 0 Å². The maximum absolute atomic E-state index is 8.98. The highest BCUT2D eigenvalue weighted by Gasteiger charge is 2.13. The van der Waals surface area contributed by atoms with Gasteiger partial charge in [-0.1, -0.05) is 13.8 Å². The fraction of sp³-hybridized carbons (Fsp3) is 1.00. The van der Waals surface area contributed by atoms with Gasteiger partial charge in [0.2, 0.25) is 0 Å². The van der Waals surface area contributed by atoms with E-state index in [0.717, 1.165) is 18.8 Å². The second-order valence-corrected chi connectivity index (χ2v) is 4.11. The molecule has 0 unspecified atom stereocenters. The maximum atomic E-state index is 8.98. The highest BCUT2D eigenvalue weighted by Crippen LogP contribution is 2.09. The van der Waals surface area contributed by atoms with E-state index in [1.54, 1.807) is 0 Å². The third-order valence-corrected chi connectivity index (χ3v) is 3.02. The van der Waals surface area contributed by atoms with Crippen LogP contribution in [0.15, 0.2) is 0 Å². The third kappa shape index (κ3) is 5.89. The van der Waals surface area contributed by atoms with Crippen molar-refractivity contribution in [3.05, 3.63) is 0 Å². The molecule has 0 aliphatic rings. The van der Waals surface area contributed by atoms with Crippen LogP contribution >= 0.6 is 12.6 Å². The van der Waals surface area contributed by atoms with Crippen LogP contribution in [0.3, 0.4) is 0 Å². The molecule has 3 heteroatoms. The van der Waals surface area contributed by atoms with Gasteiger partial charge in [0.1, 0.15) is 0 Å². The highest BCUT2D eigenvalue weighted by molar-refractivity contribution is 7.80. The van der Waals surface area contributed by atoms with Crippen molar-refractivity contribution in [2.24, 2.45) is 0 Å². The SMILES string of the molecule is CCC(CC)N(CCO)CCCCS. The molecular weight excluding hydrogens is 194 g/mol. The lowest BCUT2D eigenvalue weighted by Crippen LogP contribution is -2.37. The van der Waals surface area contributed by atoms with Gasteiger partial charge in [-0.05, 0) is 38.0 Å². The Morgan fingerprint density at radius 1 is 1.14 bits per heavy atom. The first-order chi connectivity index (χ1) is 6.79. The average molecular weight is 219 g/mol. The number of aliphatic hydroxyl groups excluding tert-OH is 1. The van der Waals surface area contributed by atoms with Crippen molar-refractivity contribution in [2.75, 3.05) is 25.4 Å². The first kappa shape index (κ1) is 14.3. The molecule has 0 aliphatic heterocycles. The molecule has 0 fully saturated rings. The van der Waals surface area contributed by atoms with Crippen LogP contribution in [0.25, 0.3) is 0 Å². The van der Waals surface area contributed by atoms with Gasteiger partial charge in [0, 0.05) is 12.6 Å². The number of hydrogen-bond acceptors (Lipinski definition) is 3. The van der Waals surface area contributed by atoms with Gasteiger partial charge < -0.3 is 5.11 Å². The topological polar surface area (TPSA) is 23.5 Å². The lowest BCUT2D eigenvalue weighted by atomic mass is 10.1. The minimum atomic E-state index is 0.275. The molecule has 0 saturated heterocycles. The van der Waals surface area contributed by atoms with Crippen LogP contribution in [0.5, 0.6) is 0 Å². The van der Waals surface area contributed by atoms with Gasteiger partial charge in [-0.2, -0.15) is 12.6 Å². The second kappa shape index (κ2) is 9.81. The summed E-state index contributed by atoms with van der Waals surface area (Å²) in [7, 11) is 0. The molecule has 14 heavy (non-hydrogen) atoms. The summed E-state index contributed by atoms with van der Waals surface area (Å²) in [6.45, 7) is 6.64. The largest absolute Gasteiger partial charge is 0.395 e. The fourth-order valence-electron chi connectivity index (χ4n) is 1.84. The van der Waals surface area contributed by atoms with Crippen LogP contribution in [-0.2, 0) is 0 Å². The molecule has 0 aromatic heterocycles. The molecule has 0 spiro atoms. The van der Waals surface area contributed by atoms with Gasteiger partial charge in [-0.3, -0.25) is 4.90 Å². The van der Waals surface area contributed by atoms with Gasteiger partial charge in [0.15, 0.2) is 0 Å². The number of aliphatic hydroxyl groups is 1. The molecule has 0 atom stereocenters. The number of rotatable bonds is 9. The Kier molecular flexibility index (Phi) is 10.0. The first-order valence-electron chi connectivity index (χ1n) is 5.75. The van der Waals surface area contributed by atoms with Crippen molar-refractivity contribution < 1.29 is 5.11 Å². The molecule has 0 bridgehead atoms. The maximum Gasteiger partial charge on any atom is 0.0558 e. The summed E-state index contributed by atoms with van der Waals surface area (Å²) in [6, 6.07) is 0.641. The van der Waals surface area contributed by atoms with Crippen LogP contribution in [0.1, 0.15) is 39.5 Å². The molecule has 0 amide bonds. The van der Waals surface area contributed by atoms with Crippen molar-refractivity contribution >= 4 is 12.6 Å². The van der Waals surface area contributed by atoms with E-state index in [4.69, 9.17) is 5.11 Å². The van der Waals surface area contributed by atoms with Crippen LogP contribution in [0.2, 0.25) is 0 Å². The van der Waals surface area contributed by atoms with Crippen molar-refractivity contribution in [1.82, 2.24) is 4.90 Å². The fourth-order valence-corrected chi connectivity index (χ4v) is 2.06. The summed E-state index contributed by atoms with van der Waals surface area (Å²) in [6.07, 6.45) is 4.72. The monoisotopic (exact) mass is 219 g/mol. The van der Waals surface area contributed by atoms with Crippen LogP contribution < -0.4 is 0 Å². The van der Waals surface area contributed by atoms with E-state index < -0.39 is 0 Å². The van der Waals surface area contributed by atoms with Crippen molar-refractivity contribution in [3.63, 3.8) is 0 Å². The summed E-state index contributed by atoms with van der Waals surface area (Å²) in [5.74, 6) is 0.968. The van der Waals surface area contributed by atoms with E-state index >= 15 is 0 Å². The number of nitrogens with zero attached hydrogens (tertiary/aromatic N) is 1. The molecule has 0 aliphatic carbocycles. The van der Waals surface area contributed by atoms with Gasteiger partial charge in [-0.25, -0.2) is 0 Å². The molecule has 0 heterocycles. The van der Waals surface area contributed by atoms with E-state index in [0.29, 0.717) is 6.04 Å². The Morgan fingerprint density at radius 3 is 2.21 bits per heavy atom. The number of unbranched alkanes of at least 4 members (excludes halogenated alkanes) is 1. The average Bonchev–Trinajstić information content (AvgIpc) is 2.20. The Labute approximate surface area is 94.1 Å². The summed E-state index contributed by atoms with van der Waals surface area (Å²) < 4.78 is 0. The Hall–Kier alpha value is 0.270. The smallest absolute Gasteiger partial charge is 0.0558 e. The quantitative estimate of drug-likeness (QED) is 0.459. The first-order valence-corrected chi connectivity index (χ1v) is 6.39. The van der Waals surface area contributed by atoms with Crippen LogP contribution in [0.4, 0.5) is 0 Å². The zero-order chi connectivity index (χ0) is 10.8. The van der Waals surface area contributed by atoms with E-state index in [1.807, 2.05) is 0 Å². The van der Waals surface area contributed by atoms with Crippen molar-refractivity contribution in [1.29, 1.82) is 0 Å². The van der Waals surface area contributed by atoms with Gasteiger partial charge in [0.05, 0.1) is 6.61 Å². The Balaban J connectivity index is 3.85. The molecule has 0 rings (SSSR count). The molecule has 0 saturated carbocycles. The van der Waals surface area contributed by atoms with Crippen molar-refractivity contribution in [2.45, 2.75) is 45.6 Å². The summed E-state index contributed by atoms with van der Waals surface area (Å²) >= 11 is 4.20. The van der Waals surface area contributed by atoms with Gasteiger partial charge in [-0.15, -0.1) is 0 Å². The third-order valence-electron chi connectivity index (χ3n) is 2.70. The zero-order valence-corrected chi connectivity index (χ0v) is 10.5. The molecule has 0 aromatic rings. The Morgan fingerprint density at radius 2 is 1.79 bits per heavy atom. The molecule has 86 valence electrons. The minimum Gasteiger partial charge on any atom is -0.395 e. The second-order valence-electron chi connectivity index (χ2n) is 3.66. The highest BCUT2D eigenvalue weighted by atomic mass is 32.1. The summed E-state index contributed by atoms with van der Waals surface area (Å²) in [5, 5.41) is 8.98. The minimum absolute atomic E-state index is 0.275. The predicted molar refractivity (Wildman–Crippen MR) is 66.1 cm³/mol. The van der Waals surface area contributed by atoms with Gasteiger partial charge in [0.25, 0.3) is 0 Å². The molecular formula is C11H25NOS. The Bertz CT molecular complexity index is 118. The summed E-state index contributed by atoms with van der Waals surface area (Å²) in [5.41, 5.74) is 0. The molecule has 0 radical (unpaired) electrons. The number of hydrogen-bond donors (Lipinski definition) is 2. The van der Waals surface area contributed by atoms with E-state index in [1.165, 1.54) is 25.7 Å². The van der Waals surface area contributed by atoms with E-state index in [-0.39, 0.29) is 6.61 Å². The van der Waals surface area contributed by atoms with E-state index in [2.05, 4.69) is 31.4 Å². The molecule has 0 aromatic carbocycles. The number of thiol groups is 1. The summed E-state index contributed by atoms with van der Waals surface area (Å²) in [4.78, 5) is 2.41. The van der Waals surface area contributed by atoms with Crippen molar-refractivity contribution in [3.8, 4) is 0 Å². The lowest BCUT2D eigenvalue weighted by molar-refractivity contribution is 0.142.